The minimum Gasteiger partial charge on any atom is -0.456 e. The summed E-state index contributed by atoms with van der Waals surface area (Å²) in [5.41, 5.74) is 2.51. The summed E-state index contributed by atoms with van der Waals surface area (Å²) in [6, 6.07) is 12.9. The molecule has 164 valence electrons. The van der Waals surface area contributed by atoms with Crippen LogP contribution in [0.2, 0.25) is 0 Å². The molecule has 0 fully saturated rings. The molecule has 2 aliphatic rings. The molecular formula is C23H21N3O5S. The third kappa shape index (κ3) is 4.24. The number of nitrogens with zero attached hydrogens (tertiary/aromatic N) is 1. The van der Waals surface area contributed by atoms with Crippen molar-refractivity contribution in [2.45, 2.75) is 17.9 Å². The number of urea groups is 1. The molecule has 0 aliphatic carbocycles. The molecule has 0 radical (unpaired) electrons. The molecule has 32 heavy (non-hydrogen) atoms. The zero-order valence-electron chi connectivity index (χ0n) is 17.5. The highest BCUT2D eigenvalue weighted by Crippen LogP contribution is 2.35. The van der Waals surface area contributed by atoms with Crippen molar-refractivity contribution < 1.29 is 23.9 Å². The lowest BCUT2D eigenvalue weighted by molar-refractivity contribution is -0.136. The van der Waals surface area contributed by atoms with Crippen LogP contribution in [0.4, 0.5) is 10.5 Å². The fourth-order valence-corrected chi connectivity index (χ4v) is 4.07. The Kier molecular flexibility index (Phi) is 6.00. The van der Waals surface area contributed by atoms with Crippen LogP contribution in [0, 0.1) is 0 Å². The first-order chi connectivity index (χ1) is 15.4. The van der Waals surface area contributed by atoms with Crippen molar-refractivity contribution in [1.82, 2.24) is 10.2 Å². The summed E-state index contributed by atoms with van der Waals surface area (Å²) < 4.78 is 5.20. The SMILES string of the molecule is CSc1ccc(C2NC(=O)N(CC(=O)Nc3ccc(C(C)=O)cc3)C3=C2C(=O)OC3)cc1. The number of amides is 3. The molecular weight excluding hydrogens is 430 g/mol. The molecule has 0 saturated heterocycles. The number of hydrogen-bond donors (Lipinski definition) is 2. The van der Waals surface area contributed by atoms with Crippen LogP contribution >= 0.6 is 11.8 Å². The highest BCUT2D eigenvalue weighted by Gasteiger charge is 2.42. The monoisotopic (exact) mass is 451 g/mol. The molecule has 4 rings (SSSR count). The third-order valence-corrected chi connectivity index (χ3v) is 6.07. The number of ketones is 1. The van der Waals surface area contributed by atoms with Gasteiger partial charge in [0.2, 0.25) is 5.91 Å². The van der Waals surface area contributed by atoms with Gasteiger partial charge >= 0.3 is 12.0 Å². The lowest BCUT2D eigenvalue weighted by Gasteiger charge is -2.32. The molecule has 0 spiro atoms. The van der Waals surface area contributed by atoms with E-state index in [1.54, 1.807) is 36.0 Å². The van der Waals surface area contributed by atoms with Gasteiger partial charge in [-0.15, -0.1) is 11.8 Å². The Labute approximate surface area is 189 Å². The molecule has 2 aromatic rings. The first-order valence-corrected chi connectivity index (χ1v) is 11.1. The van der Waals surface area contributed by atoms with E-state index in [1.165, 1.54) is 11.8 Å². The van der Waals surface area contributed by atoms with E-state index in [2.05, 4.69) is 10.6 Å². The Hall–Kier alpha value is -3.59. The van der Waals surface area contributed by atoms with E-state index in [-0.39, 0.29) is 18.9 Å². The standard InChI is InChI=1S/C23H21N3O5S/c1-13(27)14-3-7-16(8-4-14)24-19(28)11-26-18-12-31-22(29)20(18)21(25-23(26)30)15-5-9-17(32-2)10-6-15/h3-10,21H,11-12H2,1-2H3,(H,24,28)(H,25,30). The van der Waals surface area contributed by atoms with Crippen LogP contribution in [-0.4, -0.2) is 48.0 Å². The Morgan fingerprint density at radius 2 is 1.81 bits per heavy atom. The first kappa shape index (κ1) is 21.6. The first-order valence-electron chi connectivity index (χ1n) is 9.90. The van der Waals surface area contributed by atoms with Crippen molar-refractivity contribution in [3.8, 4) is 0 Å². The van der Waals surface area contributed by atoms with Gasteiger partial charge in [0, 0.05) is 16.1 Å². The van der Waals surface area contributed by atoms with Crippen LogP contribution in [0.5, 0.6) is 0 Å². The van der Waals surface area contributed by atoms with Crippen molar-refractivity contribution in [2.24, 2.45) is 0 Å². The maximum Gasteiger partial charge on any atom is 0.338 e. The van der Waals surface area contributed by atoms with Crippen molar-refractivity contribution in [3.05, 3.63) is 70.9 Å². The second-order valence-corrected chi connectivity index (χ2v) is 8.24. The molecule has 0 saturated carbocycles. The molecule has 9 heteroatoms. The average Bonchev–Trinajstić information content (AvgIpc) is 3.17. The Bertz CT molecular complexity index is 1130. The largest absolute Gasteiger partial charge is 0.456 e. The maximum atomic E-state index is 12.9. The molecule has 0 bridgehead atoms. The summed E-state index contributed by atoms with van der Waals surface area (Å²) in [6.45, 7) is 1.11. The summed E-state index contributed by atoms with van der Waals surface area (Å²) >= 11 is 1.59. The second-order valence-electron chi connectivity index (χ2n) is 7.36. The molecule has 0 aromatic heterocycles. The molecule has 8 nitrogen and oxygen atoms in total. The summed E-state index contributed by atoms with van der Waals surface area (Å²) in [4.78, 5) is 51.6. The highest BCUT2D eigenvalue weighted by molar-refractivity contribution is 7.98. The quantitative estimate of drug-likeness (QED) is 0.397. The number of anilines is 1. The van der Waals surface area contributed by atoms with Crippen LogP contribution in [0.15, 0.2) is 64.7 Å². The molecule has 2 aromatic carbocycles. The van der Waals surface area contributed by atoms with Gasteiger partial charge in [0.15, 0.2) is 5.78 Å². The predicted octanol–water partition coefficient (Wildman–Crippen LogP) is 3.13. The Morgan fingerprint density at radius 1 is 1.12 bits per heavy atom. The van der Waals surface area contributed by atoms with Gasteiger partial charge in [-0.05, 0) is 55.1 Å². The molecule has 3 amide bonds. The Balaban J connectivity index is 1.54. The Morgan fingerprint density at radius 3 is 2.44 bits per heavy atom. The van der Waals surface area contributed by atoms with Gasteiger partial charge < -0.3 is 15.4 Å². The van der Waals surface area contributed by atoms with Gasteiger partial charge in [0.05, 0.1) is 17.3 Å². The van der Waals surface area contributed by atoms with Crippen LogP contribution < -0.4 is 10.6 Å². The van der Waals surface area contributed by atoms with E-state index in [0.717, 1.165) is 10.5 Å². The summed E-state index contributed by atoms with van der Waals surface area (Å²) in [7, 11) is 0. The topological polar surface area (TPSA) is 105 Å². The fourth-order valence-electron chi connectivity index (χ4n) is 3.66. The highest BCUT2D eigenvalue weighted by atomic mass is 32.2. The predicted molar refractivity (Wildman–Crippen MR) is 119 cm³/mol. The average molecular weight is 452 g/mol. The smallest absolute Gasteiger partial charge is 0.338 e. The summed E-state index contributed by atoms with van der Waals surface area (Å²) in [6.07, 6.45) is 1.97. The molecule has 2 N–H and O–H groups in total. The fraction of sp³-hybridized carbons (Fsp3) is 0.217. The number of rotatable bonds is 6. The number of benzene rings is 2. The molecule has 1 unspecified atom stereocenters. The van der Waals surface area contributed by atoms with Crippen molar-refractivity contribution in [1.29, 1.82) is 0 Å². The van der Waals surface area contributed by atoms with E-state index in [1.807, 2.05) is 30.5 Å². The van der Waals surface area contributed by atoms with Gasteiger partial charge in [-0.3, -0.25) is 14.5 Å². The number of carbonyl (C=O) groups excluding carboxylic acids is 4. The zero-order valence-corrected chi connectivity index (χ0v) is 18.3. The summed E-state index contributed by atoms with van der Waals surface area (Å²) in [5.74, 6) is -1.02. The molecule has 2 aliphatic heterocycles. The van der Waals surface area contributed by atoms with Gasteiger partial charge in [-0.2, -0.15) is 0 Å². The van der Waals surface area contributed by atoms with Gasteiger partial charge in [0.25, 0.3) is 0 Å². The number of carbonyl (C=O) groups is 4. The zero-order chi connectivity index (χ0) is 22.8. The molecule has 1 atom stereocenters. The van der Waals surface area contributed by atoms with E-state index in [9.17, 15) is 19.2 Å². The number of thioether (sulfide) groups is 1. The number of hydrogen-bond acceptors (Lipinski definition) is 6. The van der Waals surface area contributed by atoms with E-state index >= 15 is 0 Å². The number of nitrogens with one attached hydrogen (secondary N) is 2. The number of Topliss-reactive ketones (excluding diaryl/α,β-unsaturated/α-hetero) is 1. The normalized spacial score (nSPS) is 17.6. The van der Waals surface area contributed by atoms with Crippen LogP contribution in [0.3, 0.4) is 0 Å². The lowest BCUT2D eigenvalue weighted by Crippen LogP contribution is -2.49. The van der Waals surface area contributed by atoms with Crippen LogP contribution in [0.1, 0.15) is 28.9 Å². The van der Waals surface area contributed by atoms with Gasteiger partial charge in [0.1, 0.15) is 13.2 Å². The van der Waals surface area contributed by atoms with Gasteiger partial charge in [-0.1, -0.05) is 12.1 Å². The van der Waals surface area contributed by atoms with E-state index in [0.29, 0.717) is 22.5 Å². The molecule has 2 heterocycles. The number of ether oxygens (including phenoxy) is 1. The van der Waals surface area contributed by atoms with Gasteiger partial charge in [-0.25, -0.2) is 9.59 Å². The second kappa shape index (κ2) is 8.88. The number of esters is 1. The minimum absolute atomic E-state index is 0.0679. The van der Waals surface area contributed by atoms with Crippen molar-refractivity contribution >= 4 is 41.1 Å². The lowest BCUT2D eigenvalue weighted by atomic mass is 9.96. The van der Waals surface area contributed by atoms with Crippen LogP contribution in [-0.2, 0) is 14.3 Å². The van der Waals surface area contributed by atoms with Crippen molar-refractivity contribution in [3.63, 3.8) is 0 Å². The van der Waals surface area contributed by atoms with E-state index < -0.39 is 23.9 Å². The van der Waals surface area contributed by atoms with Crippen molar-refractivity contribution in [2.75, 3.05) is 24.7 Å². The summed E-state index contributed by atoms with van der Waals surface area (Å²) in [5, 5.41) is 5.52. The van der Waals surface area contributed by atoms with Crippen LogP contribution in [0.25, 0.3) is 0 Å². The number of cyclic esters (lactones) is 1. The maximum absolute atomic E-state index is 12.9. The minimum atomic E-state index is -0.637. The third-order valence-electron chi connectivity index (χ3n) is 5.32. The van der Waals surface area contributed by atoms with E-state index in [4.69, 9.17) is 4.74 Å².